The summed E-state index contributed by atoms with van der Waals surface area (Å²) in [6.07, 6.45) is 2.87. The van der Waals surface area contributed by atoms with E-state index in [0.717, 1.165) is 10.4 Å². The number of nitrogens with zero attached hydrogens (tertiary/aromatic N) is 3. The molecule has 0 aliphatic heterocycles. The normalized spacial score (nSPS) is 11.8. The van der Waals surface area contributed by atoms with Crippen LogP contribution in [0.2, 0.25) is 10.0 Å². The number of hydrogen-bond acceptors (Lipinski definition) is 5. The molecule has 0 aliphatic carbocycles. The van der Waals surface area contributed by atoms with Gasteiger partial charge >= 0.3 is 0 Å². The van der Waals surface area contributed by atoms with Crippen molar-refractivity contribution < 1.29 is 17.6 Å². The molecule has 2 aromatic carbocycles. The summed E-state index contributed by atoms with van der Waals surface area (Å²) in [7, 11) is -4.20. The van der Waals surface area contributed by atoms with Gasteiger partial charge in [0.1, 0.15) is 5.82 Å². The lowest BCUT2D eigenvalue weighted by molar-refractivity contribution is -0.121. The van der Waals surface area contributed by atoms with Crippen molar-refractivity contribution in [1.29, 1.82) is 0 Å². The minimum Gasteiger partial charge on any atom is -0.272 e. The van der Waals surface area contributed by atoms with Gasteiger partial charge in [-0.15, -0.1) is 0 Å². The highest BCUT2D eigenvalue weighted by Gasteiger charge is 2.28. The molecule has 11 heteroatoms. The van der Waals surface area contributed by atoms with E-state index in [2.05, 4.69) is 15.5 Å². The molecule has 1 aromatic heterocycles. The number of carbonyl (C=O) groups excluding carboxylic acids is 1. The Labute approximate surface area is 194 Å². The molecule has 0 radical (unpaired) electrons. The van der Waals surface area contributed by atoms with Crippen LogP contribution in [0.15, 0.2) is 76.9 Å². The molecule has 1 amide bonds. The van der Waals surface area contributed by atoms with Gasteiger partial charge in [-0.25, -0.2) is 18.2 Å². The van der Waals surface area contributed by atoms with Gasteiger partial charge in [0.25, 0.3) is 5.91 Å². The largest absolute Gasteiger partial charge is 0.272 e. The van der Waals surface area contributed by atoms with E-state index in [1.165, 1.54) is 42.6 Å². The zero-order chi connectivity index (χ0) is 23.1. The molecule has 0 atom stereocenters. The molecule has 0 unspecified atom stereocenters. The number of rotatable bonds is 8. The molecule has 3 aromatic rings. The van der Waals surface area contributed by atoms with Gasteiger partial charge in [-0.1, -0.05) is 35.3 Å². The highest BCUT2D eigenvalue weighted by Crippen LogP contribution is 2.25. The SMILES string of the molecule is O=C(CN(Cc1c(F)cccc1Cl)S(=O)(=O)c1ccc(Cl)cc1)N/N=C\c1ccccn1. The number of hydrazone groups is 1. The lowest BCUT2D eigenvalue weighted by Crippen LogP contribution is -2.39. The Balaban J connectivity index is 1.85. The fraction of sp³-hybridized carbons (Fsp3) is 0.0952. The first-order valence-corrected chi connectivity index (χ1v) is 11.4. The molecule has 32 heavy (non-hydrogen) atoms. The van der Waals surface area contributed by atoms with Crippen molar-refractivity contribution in [3.8, 4) is 0 Å². The van der Waals surface area contributed by atoms with Crippen molar-refractivity contribution in [2.24, 2.45) is 5.10 Å². The number of nitrogens with one attached hydrogen (secondary N) is 1. The van der Waals surface area contributed by atoms with Crippen molar-refractivity contribution in [2.75, 3.05) is 6.54 Å². The maximum atomic E-state index is 14.3. The van der Waals surface area contributed by atoms with Gasteiger partial charge < -0.3 is 0 Å². The first-order chi connectivity index (χ1) is 15.3. The first-order valence-electron chi connectivity index (χ1n) is 9.19. The van der Waals surface area contributed by atoms with Crippen LogP contribution in [0.5, 0.6) is 0 Å². The van der Waals surface area contributed by atoms with E-state index in [1.807, 2.05) is 0 Å². The Bertz CT molecular complexity index is 1200. The summed E-state index contributed by atoms with van der Waals surface area (Å²) >= 11 is 11.9. The maximum Gasteiger partial charge on any atom is 0.255 e. The van der Waals surface area contributed by atoms with Gasteiger partial charge in [-0.3, -0.25) is 9.78 Å². The van der Waals surface area contributed by atoms with E-state index >= 15 is 0 Å². The van der Waals surface area contributed by atoms with Gasteiger partial charge in [0.15, 0.2) is 0 Å². The van der Waals surface area contributed by atoms with Crippen LogP contribution in [0.1, 0.15) is 11.3 Å². The topological polar surface area (TPSA) is 91.7 Å². The third-order valence-corrected chi connectivity index (χ3v) is 6.65. The maximum absolute atomic E-state index is 14.3. The van der Waals surface area contributed by atoms with E-state index in [4.69, 9.17) is 23.2 Å². The van der Waals surface area contributed by atoms with Gasteiger partial charge in [-0.05, 0) is 48.5 Å². The Kier molecular flexibility index (Phi) is 7.92. The molecular formula is C21H17Cl2FN4O3S. The third kappa shape index (κ3) is 6.10. The first kappa shape index (κ1) is 23.8. The predicted octanol–water partition coefficient (Wildman–Crippen LogP) is 3.87. The molecule has 0 saturated heterocycles. The average Bonchev–Trinajstić information content (AvgIpc) is 2.76. The average molecular weight is 495 g/mol. The molecule has 3 rings (SSSR count). The number of sulfonamides is 1. The molecule has 1 N–H and O–H groups in total. The molecule has 166 valence electrons. The number of benzene rings is 2. The fourth-order valence-electron chi connectivity index (χ4n) is 2.66. The fourth-order valence-corrected chi connectivity index (χ4v) is 4.37. The zero-order valence-electron chi connectivity index (χ0n) is 16.5. The van der Waals surface area contributed by atoms with Crippen LogP contribution in [0, 0.1) is 5.82 Å². The molecule has 0 spiro atoms. The smallest absolute Gasteiger partial charge is 0.255 e. The van der Waals surface area contributed by atoms with Gasteiger partial charge in [0.05, 0.1) is 23.3 Å². The van der Waals surface area contributed by atoms with Gasteiger partial charge in [0, 0.05) is 28.4 Å². The second-order valence-corrected chi connectivity index (χ2v) is 9.26. The molecule has 1 heterocycles. The van der Waals surface area contributed by atoms with Crippen LogP contribution in [-0.4, -0.2) is 36.4 Å². The van der Waals surface area contributed by atoms with Crippen LogP contribution >= 0.6 is 23.2 Å². The second kappa shape index (κ2) is 10.6. The van der Waals surface area contributed by atoms with E-state index < -0.39 is 34.8 Å². The van der Waals surface area contributed by atoms with Gasteiger partial charge in [-0.2, -0.15) is 9.41 Å². The highest BCUT2D eigenvalue weighted by atomic mass is 35.5. The Hall–Kier alpha value is -2.85. The van der Waals surface area contributed by atoms with Crippen LogP contribution < -0.4 is 5.43 Å². The Morgan fingerprint density at radius 1 is 1.09 bits per heavy atom. The molecule has 0 fully saturated rings. The molecule has 0 saturated carbocycles. The van der Waals surface area contributed by atoms with Crippen molar-refractivity contribution in [1.82, 2.24) is 14.7 Å². The molecule has 0 bridgehead atoms. The number of amides is 1. The molecule has 7 nitrogen and oxygen atoms in total. The van der Waals surface area contributed by atoms with Crippen LogP contribution in [0.25, 0.3) is 0 Å². The highest BCUT2D eigenvalue weighted by molar-refractivity contribution is 7.89. The summed E-state index contributed by atoms with van der Waals surface area (Å²) < 4.78 is 41.5. The molecule has 0 aliphatic rings. The van der Waals surface area contributed by atoms with Crippen molar-refractivity contribution >= 4 is 45.3 Å². The summed E-state index contributed by atoms with van der Waals surface area (Å²) in [5.41, 5.74) is 2.68. The van der Waals surface area contributed by atoms with E-state index in [-0.39, 0.29) is 15.5 Å². The van der Waals surface area contributed by atoms with Crippen LogP contribution in [0.4, 0.5) is 4.39 Å². The zero-order valence-corrected chi connectivity index (χ0v) is 18.8. The predicted molar refractivity (Wildman–Crippen MR) is 120 cm³/mol. The number of aromatic nitrogens is 1. The number of pyridine rings is 1. The summed E-state index contributed by atoms with van der Waals surface area (Å²) in [5, 5.41) is 4.16. The van der Waals surface area contributed by atoms with Crippen molar-refractivity contribution in [3.05, 3.63) is 94.0 Å². The quantitative estimate of drug-likeness (QED) is 0.380. The Morgan fingerprint density at radius 3 is 2.50 bits per heavy atom. The minimum absolute atomic E-state index is 0.0369. The van der Waals surface area contributed by atoms with Crippen LogP contribution in [-0.2, 0) is 21.4 Å². The third-order valence-electron chi connectivity index (χ3n) is 4.24. The van der Waals surface area contributed by atoms with E-state index in [9.17, 15) is 17.6 Å². The summed E-state index contributed by atoms with van der Waals surface area (Å²) in [4.78, 5) is 16.3. The summed E-state index contributed by atoms with van der Waals surface area (Å²) in [6.45, 7) is -1.09. The molecular weight excluding hydrogens is 478 g/mol. The van der Waals surface area contributed by atoms with Crippen LogP contribution in [0.3, 0.4) is 0 Å². The summed E-state index contributed by atoms with van der Waals surface area (Å²) in [5.74, 6) is -1.43. The Morgan fingerprint density at radius 2 is 1.84 bits per heavy atom. The van der Waals surface area contributed by atoms with E-state index in [1.54, 1.807) is 24.4 Å². The summed E-state index contributed by atoms with van der Waals surface area (Å²) in [6, 6.07) is 14.5. The van der Waals surface area contributed by atoms with E-state index in [0.29, 0.717) is 10.7 Å². The minimum atomic E-state index is -4.20. The standard InChI is InChI=1S/C21H17Cl2FN4O3S/c22-15-7-9-17(10-8-15)32(30,31)28(13-18-19(23)5-3-6-20(18)24)14-21(29)27-26-12-16-4-1-2-11-25-16/h1-12H,13-14H2,(H,27,29)/b26-12-. The van der Waals surface area contributed by atoms with Crippen molar-refractivity contribution in [2.45, 2.75) is 11.4 Å². The lowest BCUT2D eigenvalue weighted by atomic mass is 10.2. The number of carbonyl (C=O) groups is 1. The monoisotopic (exact) mass is 494 g/mol. The second-order valence-electron chi connectivity index (χ2n) is 6.48. The lowest BCUT2D eigenvalue weighted by Gasteiger charge is -2.22. The number of hydrogen-bond donors (Lipinski definition) is 1. The van der Waals surface area contributed by atoms with Crippen molar-refractivity contribution in [3.63, 3.8) is 0 Å². The van der Waals surface area contributed by atoms with Gasteiger partial charge in [0.2, 0.25) is 10.0 Å². The number of halogens is 3.